The number of carboxylic acids is 1. The summed E-state index contributed by atoms with van der Waals surface area (Å²) in [6.45, 7) is -0.710. The number of nitrogens with zero attached hydrogens (tertiary/aromatic N) is 2. The van der Waals surface area contributed by atoms with Crippen LogP contribution in [0.25, 0.3) is 0 Å². The predicted octanol–water partition coefficient (Wildman–Crippen LogP) is 2.76. The number of ether oxygens (including phenoxy) is 4. The van der Waals surface area contributed by atoms with Crippen molar-refractivity contribution >= 4 is 33.8 Å². The van der Waals surface area contributed by atoms with Gasteiger partial charge >= 0.3 is 5.97 Å². The van der Waals surface area contributed by atoms with Gasteiger partial charge in [-0.05, 0) is 30.3 Å². The molecule has 0 saturated heterocycles. The van der Waals surface area contributed by atoms with Crippen LogP contribution in [0.2, 0.25) is 0 Å². The molecule has 39 heavy (non-hydrogen) atoms. The summed E-state index contributed by atoms with van der Waals surface area (Å²) in [6.07, 6.45) is 1.15. The Balaban J connectivity index is 2.01. The molecule has 3 rings (SSSR count). The molecule has 0 aliphatic rings. The van der Waals surface area contributed by atoms with Gasteiger partial charge in [-0.25, -0.2) is 18.6 Å². The standard InChI is InChI=1S/C26H27N3O9S/c1-35-18-9-11-22(36-2)21(13-18)29(39(33,34)19-10-12-23(37-3)24(14-19)38-4)16-25(30)28-27-15-17-7-5-6-8-20(17)26(31)32/h5-15H,16H2,1-4H3,(H,28,30)(H,31,32)/b27-15-. The third kappa shape index (κ3) is 6.57. The second-order valence-corrected chi connectivity index (χ2v) is 9.61. The van der Waals surface area contributed by atoms with E-state index in [1.807, 2.05) is 0 Å². The molecule has 0 atom stereocenters. The highest BCUT2D eigenvalue weighted by atomic mass is 32.2. The Morgan fingerprint density at radius 1 is 0.897 bits per heavy atom. The minimum atomic E-state index is -4.39. The van der Waals surface area contributed by atoms with Gasteiger partial charge in [0.25, 0.3) is 15.9 Å². The van der Waals surface area contributed by atoms with Crippen LogP contribution < -0.4 is 28.7 Å². The highest BCUT2D eigenvalue weighted by molar-refractivity contribution is 7.92. The molecule has 0 saturated carbocycles. The second-order valence-electron chi connectivity index (χ2n) is 7.75. The van der Waals surface area contributed by atoms with Gasteiger partial charge in [-0.15, -0.1) is 0 Å². The number of nitrogens with one attached hydrogen (secondary N) is 1. The summed E-state index contributed by atoms with van der Waals surface area (Å²) in [5.41, 5.74) is 2.50. The van der Waals surface area contributed by atoms with Gasteiger partial charge in [0.15, 0.2) is 11.5 Å². The predicted molar refractivity (Wildman–Crippen MR) is 143 cm³/mol. The van der Waals surface area contributed by atoms with Crippen LogP contribution in [-0.4, -0.2) is 66.6 Å². The van der Waals surface area contributed by atoms with E-state index in [1.54, 1.807) is 18.2 Å². The molecular weight excluding hydrogens is 530 g/mol. The highest BCUT2D eigenvalue weighted by Crippen LogP contribution is 2.37. The number of carbonyl (C=O) groups excluding carboxylic acids is 1. The number of hydrogen-bond acceptors (Lipinski definition) is 9. The van der Waals surface area contributed by atoms with E-state index in [1.165, 1.54) is 70.9 Å². The van der Waals surface area contributed by atoms with Crippen molar-refractivity contribution in [1.29, 1.82) is 0 Å². The summed E-state index contributed by atoms with van der Waals surface area (Å²) in [6, 6.07) is 14.6. The van der Waals surface area contributed by atoms with Crippen molar-refractivity contribution in [3.8, 4) is 23.0 Å². The maximum absolute atomic E-state index is 13.9. The van der Waals surface area contributed by atoms with E-state index in [0.29, 0.717) is 11.5 Å². The normalized spacial score (nSPS) is 11.1. The van der Waals surface area contributed by atoms with Crippen LogP contribution in [-0.2, 0) is 14.8 Å². The fourth-order valence-corrected chi connectivity index (χ4v) is 4.98. The summed E-state index contributed by atoms with van der Waals surface area (Å²) in [4.78, 5) is 24.1. The van der Waals surface area contributed by atoms with E-state index >= 15 is 0 Å². The van der Waals surface area contributed by atoms with Gasteiger partial charge in [0.05, 0.1) is 50.8 Å². The molecular formula is C26H27N3O9S. The summed E-state index contributed by atoms with van der Waals surface area (Å²) in [5, 5.41) is 13.1. The molecule has 0 bridgehead atoms. The molecule has 0 fully saturated rings. The minimum Gasteiger partial charge on any atom is -0.497 e. The largest absolute Gasteiger partial charge is 0.497 e. The molecule has 2 N–H and O–H groups in total. The molecule has 1 amide bonds. The Kier molecular flexibility index (Phi) is 9.33. The van der Waals surface area contributed by atoms with Crippen molar-refractivity contribution < 1.29 is 42.1 Å². The van der Waals surface area contributed by atoms with Crippen molar-refractivity contribution in [1.82, 2.24) is 5.43 Å². The van der Waals surface area contributed by atoms with Crippen LogP contribution in [0, 0.1) is 0 Å². The Labute approximate surface area is 225 Å². The highest BCUT2D eigenvalue weighted by Gasteiger charge is 2.31. The van der Waals surface area contributed by atoms with Crippen LogP contribution in [0.5, 0.6) is 23.0 Å². The molecule has 0 aromatic heterocycles. The molecule has 0 heterocycles. The zero-order valence-corrected chi connectivity index (χ0v) is 22.4. The first-order valence-corrected chi connectivity index (χ1v) is 12.7. The number of hydrazone groups is 1. The summed E-state index contributed by atoms with van der Waals surface area (Å²) < 4.78 is 49.6. The quantitative estimate of drug-likeness (QED) is 0.253. The van der Waals surface area contributed by atoms with Gasteiger partial charge < -0.3 is 24.1 Å². The first-order chi connectivity index (χ1) is 18.7. The molecule has 3 aromatic rings. The SMILES string of the molecule is COc1ccc(OC)c(N(CC(=O)N/N=C\c2ccccc2C(=O)O)S(=O)(=O)c2ccc(OC)c(OC)c2)c1. The molecule has 12 nitrogen and oxygen atoms in total. The Bertz CT molecular complexity index is 1490. The van der Waals surface area contributed by atoms with E-state index in [-0.39, 0.29) is 33.2 Å². The second kappa shape index (κ2) is 12.6. The van der Waals surface area contributed by atoms with Crippen molar-refractivity contribution in [3.05, 3.63) is 71.8 Å². The van der Waals surface area contributed by atoms with Crippen LogP contribution in [0.1, 0.15) is 15.9 Å². The third-order valence-electron chi connectivity index (χ3n) is 5.47. The molecule has 206 valence electrons. The van der Waals surface area contributed by atoms with E-state index in [4.69, 9.17) is 18.9 Å². The number of rotatable bonds is 12. The lowest BCUT2D eigenvalue weighted by Crippen LogP contribution is -2.39. The summed E-state index contributed by atoms with van der Waals surface area (Å²) in [5.74, 6) is -1.01. The van der Waals surface area contributed by atoms with E-state index in [0.717, 1.165) is 10.5 Å². The third-order valence-corrected chi connectivity index (χ3v) is 7.22. The van der Waals surface area contributed by atoms with Gasteiger partial charge in [0.2, 0.25) is 0 Å². The number of methoxy groups -OCH3 is 4. The maximum Gasteiger partial charge on any atom is 0.336 e. The van der Waals surface area contributed by atoms with Gasteiger partial charge in [-0.1, -0.05) is 18.2 Å². The fraction of sp³-hybridized carbons (Fsp3) is 0.192. The molecule has 3 aromatic carbocycles. The van der Waals surface area contributed by atoms with Crippen LogP contribution in [0.3, 0.4) is 0 Å². The van der Waals surface area contributed by atoms with Crippen molar-refractivity contribution in [2.24, 2.45) is 5.10 Å². The van der Waals surface area contributed by atoms with Gasteiger partial charge in [0.1, 0.15) is 18.0 Å². The number of benzene rings is 3. The summed E-state index contributed by atoms with van der Waals surface area (Å²) >= 11 is 0. The lowest BCUT2D eigenvalue weighted by atomic mass is 10.1. The fourth-order valence-electron chi connectivity index (χ4n) is 3.54. The van der Waals surface area contributed by atoms with Gasteiger partial charge in [-0.2, -0.15) is 5.10 Å². The smallest absolute Gasteiger partial charge is 0.336 e. The number of anilines is 1. The zero-order valence-electron chi connectivity index (χ0n) is 21.6. The molecule has 0 radical (unpaired) electrons. The van der Waals surface area contributed by atoms with Crippen molar-refractivity contribution in [2.45, 2.75) is 4.90 Å². The van der Waals surface area contributed by atoms with Crippen LogP contribution >= 0.6 is 0 Å². The number of sulfonamides is 1. The maximum atomic E-state index is 13.9. The number of carbonyl (C=O) groups is 2. The summed E-state index contributed by atoms with van der Waals surface area (Å²) in [7, 11) is 1.16. The number of aromatic carboxylic acids is 1. The first kappa shape index (κ1) is 28.8. The van der Waals surface area contributed by atoms with Gasteiger partial charge in [0, 0.05) is 17.7 Å². The molecule has 13 heteroatoms. The van der Waals surface area contributed by atoms with Crippen LogP contribution in [0.15, 0.2) is 70.7 Å². The Hall–Kier alpha value is -4.78. The number of amides is 1. The van der Waals surface area contributed by atoms with Crippen molar-refractivity contribution in [2.75, 3.05) is 39.3 Å². The average molecular weight is 558 g/mol. The van der Waals surface area contributed by atoms with E-state index < -0.39 is 28.4 Å². The molecule has 0 spiro atoms. The van der Waals surface area contributed by atoms with Crippen molar-refractivity contribution in [3.63, 3.8) is 0 Å². The zero-order chi connectivity index (χ0) is 28.6. The topological polar surface area (TPSA) is 153 Å². The lowest BCUT2D eigenvalue weighted by Gasteiger charge is -2.26. The molecule has 0 unspecified atom stereocenters. The average Bonchev–Trinajstić information content (AvgIpc) is 2.95. The number of carboxylic acid groups (broad SMARTS) is 1. The van der Waals surface area contributed by atoms with E-state index in [9.17, 15) is 23.1 Å². The Morgan fingerprint density at radius 3 is 2.21 bits per heavy atom. The number of hydrogen-bond donors (Lipinski definition) is 2. The lowest BCUT2D eigenvalue weighted by molar-refractivity contribution is -0.119. The monoisotopic (exact) mass is 557 g/mol. The first-order valence-electron chi connectivity index (χ1n) is 11.3. The molecule has 0 aliphatic heterocycles. The Morgan fingerprint density at radius 2 is 1.56 bits per heavy atom. The minimum absolute atomic E-state index is 0.0192. The van der Waals surface area contributed by atoms with E-state index in [2.05, 4.69) is 10.5 Å². The molecule has 0 aliphatic carbocycles. The van der Waals surface area contributed by atoms with Gasteiger partial charge in [-0.3, -0.25) is 9.10 Å². The van der Waals surface area contributed by atoms with Crippen LogP contribution in [0.4, 0.5) is 5.69 Å².